The van der Waals surface area contributed by atoms with Crippen LogP contribution in [0.1, 0.15) is 16.7 Å². The molecule has 0 atom stereocenters. The van der Waals surface area contributed by atoms with Gasteiger partial charge in [0.2, 0.25) is 5.78 Å². The van der Waals surface area contributed by atoms with Gasteiger partial charge in [0, 0.05) is 40.5 Å². The molecule has 0 radical (unpaired) electrons. The summed E-state index contributed by atoms with van der Waals surface area (Å²) in [5.74, 6) is 3.42. The molecule has 11 heteroatoms. The normalized spacial score (nSPS) is 12.6. The Bertz CT molecular complexity index is 3120. The fourth-order valence-corrected chi connectivity index (χ4v) is 8.24. The van der Waals surface area contributed by atoms with Crippen molar-refractivity contribution in [2.24, 2.45) is 0 Å². The van der Waals surface area contributed by atoms with Crippen LogP contribution in [0.2, 0.25) is 0 Å². The molecule has 1 aliphatic rings. The van der Waals surface area contributed by atoms with Gasteiger partial charge in [-0.1, -0.05) is 83.0 Å². The standard InChI is InChI=1S/C43H30BN7O2.Pt/c1-25-9-7-10-26(2)40(25)44-48(4)33-17-15-28(21-32(33)42-45-19-20-49(42)44)52-29-16-18-34-36(22-29)51(43-47-41-27(3)11-8-13-35(41)50(34)43)39-23-31-30-12-5-6-14-37(30)53-38(31)24-46-39;/h5-20,23-24H,1-4H3;/q-2;+2. The number of aryl methyl sites for hydroxylation is 3. The Morgan fingerprint density at radius 1 is 0.759 bits per heavy atom. The Morgan fingerprint density at radius 2 is 1.54 bits per heavy atom. The summed E-state index contributed by atoms with van der Waals surface area (Å²) < 4.78 is 19.1. The molecule has 0 fully saturated rings. The Morgan fingerprint density at radius 3 is 2.41 bits per heavy atom. The second-order valence-corrected chi connectivity index (χ2v) is 13.9. The van der Waals surface area contributed by atoms with E-state index < -0.39 is 0 Å². The van der Waals surface area contributed by atoms with Gasteiger partial charge in [-0.3, -0.25) is 9.55 Å². The van der Waals surface area contributed by atoms with Crippen LogP contribution in [0.25, 0.3) is 67.0 Å². The molecule has 6 heterocycles. The molecule has 0 unspecified atom stereocenters. The monoisotopic (exact) mass is 882 g/mol. The van der Waals surface area contributed by atoms with E-state index in [2.05, 4.69) is 119 Å². The van der Waals surface area contributed by atoms with Gasteiger partial charge in [0.15, 0.2) is 5.58 Å². The fourth-order valence-electron chi connectivity index (χ4n) is 8.24. The smallest absolute Gasteiger partial charge is 0.503 e. The van der Waals surface area contributed by atoms with E-state index in [4.69, 9.17) is 24.1 Å². The van der Waals surface area contributed by atoms with Crippen LogP contribution < -0.4 is 15.0 Å². The third-order valence-corrected chi connectivity index (χ3v) is 10.7. The molecule has 262 valence electrons. The van der Waals surface area contributed by atoms with Crippen LogP contribution in [-0.2, 0) is 21.1 Å². The van der Waals surface area contributed by atoms with Crippen LogP contribution in [0, 0.1) is 32.9 Å². The summed E-state index contributed by atoms with van der Waals surface area (Å²) in [4.78, 5) is 17.2. The predicted molar refractivity (Wildman–Crippen MR) is 210 cm³/mol. The molecule has 54 heavy (non-hydrogen) atoms. The molecule has 0 N–H and O–H groups in total. The maximum Gasteiger partial charge on any atom is 2.00 e. The molecule has 10 aromatic rings. The largest absolute Gasteiger partial charge is 2.00 e. The molecule has 0 saturated carbocycles. The van der Waals surface area contributed by atoms with Gasteiger partial charge in [-0.2, -0.15) is 0 Å². The van der Waals surface area contributed by atoms with Crippen LogP contribution in [-0.4, -0.2) is 42.4 Å². The number of aromatic nitrogens is 6. The summed E-state index contributed by atoms with van der Waals surface area (Å²) in [5.41, 5.74) is 12.0. The first-order valence-corrected chi connectivity index (χ1v) is 17.6. The zero-order chi connectivity index (χ0) is 35.5. The maximum absolute atomic E-state index is 6.57. The minimum atomic E-state index is -0.0310. The molecule has 5 aromatic carbocycles. The number of ether oxygens (including phenoxy) is 1. The number of fused-ring (bicyclic) bond motifs is 11. The van der Waals surface area contributed by atoms with E-state index in [-0.39, 0.29) is 28.0 Å². The van der Waals surface area contributed by atoms with Gasteiger partial charge in [-0.25, -0.2) is 9.97 Å². The van der Waals surface area contributed by atoms with E-state index >= 15 is 0 Å². The SMILES string of the molecule is Cc1cccc(C)c1B1N(C)c2ccc(Oc3[c-]c4c(cc3)n3c5cccc(C)c5nc3n4-c3cc4c(cn3)oc3ccccc34)[c-]c2-c2nccn21.[Pt+2]. The van der Waals surface area contributed by atoms with Gasteiger partial charge in [0.25, 0.3) is 0 Å². The Labute approximate surface area is 324 Å². The molecular formula is C43H30BN7O2Pt. The minimum absolute atomic E-state index is 0. The minimum Gasteiger partial charge on any atom is -0.503 e. The summed E-state index contributed by atoms with van der Waals surface area (Å²) in [6, 6.07) is 38.0. The van der Waals surface area contributed by atoms with Crippen molar-refractivity contribution in [1.82, 2.24) is 28.4 Å². The zero-order valence-electron chi connectivity index (χ0n) is 29.7. The summed E-state index contributed by atoms with van der Waals surface area (Å²) >= 11 is 0. The number of para-hydroxylation sites is 2. The summed E-state index contributed by atoms with van der Waals surface area (Å²) in [6.07, 6.45) is 5.69. The number of furan rings is 1. The van der Waals surface area contributed by atoms with Gasteiger partial charge >= 0.3 is 28.0 Å². The van der Waals surface area contributed by atoms with E-state index in [1.165, 1.54) is 16.6 Å². The van der Waals surface area contributed by atoms with Crippen molar-refractivity contribution in [3.63, 3.8) is 0 Å². The van der Waals surface area contributed by atoms with E-state index in [0.717, 1.165) is 72.4 Å². The molecule has 0 bridgehead atoms. The van der Waals surface area contributed by atoms with Crippen molar-refractivity contribution >= 4 is 67.9 Å². The number of benzene rings is 5. The van der Waals surface area contributed by atoms with E-state index in [0.29, 0.717) is 17.3 Å². The summed E-state index contributed by atoms with van der Waals surface area (Å²) in [6.45, 7) is 6.40. The predicted octanol–water partition coefficient (Wildman–Crippen LogP) is 8.60. The van der Waals surface area contributed by atoms with Crippen molar-refractivity contribution in [1.29, 1.82) is 0 Å². The van der Waals surface area contributed by atoms with Gasteiger partial charge in [-0.15, -0.1) is 24.3 Å². The molecular weight excluding hydrogens is 852 g/mol. The first kappa shape index (κ1) is 32.5. The Hall–Kier alpha value is -6.12. The molecule has 11 rings (SSSR count). The third-order valence-electron chi connectivity index (χ3n) is 10.7. The van der Waals surface area contributed by atoms with Crippen molar-refractivity contribution in [2.75, 3.05) is 11.9 Å². The number of hydrogen-bond acceptors (Lipinski definition) is 6. The van der Waals surface area contributed by atoms with Crippen molar-refractivity contribution in [3.8, 4) is 28.7 Å². The molecule has 0 aliphatic carbocycles. The molecule has 5 aromatic heterocycles. The number of pyridine rings is 1. The first-order chi connectivity index (χ1) is 25.9. The fraction of sp³-hybridized carbons (Fsp3) is 0.0930. The van der Waals surface area contributed by atoms with Crippen LogP contribution in [0.15, 0.2) is 114 Å². The first-order valence-electron chi connectivity index (χ1n) is 17.6. The average molecular weight is 883 g/mol. The third kappa shape index (κ3) is 4.59. The van der Waals surface area contributed by atoms with Gasteiger partial charge < -0.3 is 22.8 Å². The average Bonchev–Trinajstić information content (AvgIpc) is 3.94. The molecule has 9 nitrogen and oxygen atoms in total. The summed E-state index contributed by atoms with van der Waals surface area (Å²) in [7, 11) is 2.13. The van der Waals surface area contributed by atoms with Crippen molar-refractivity contribution in [2.45, 2.75) is 20.8 Å². The number of hydrogen-bond donors (Lipinski definition) is 0. The topological polar surface area (TPSA) is 78.6 Å². The van der Waals surface area contributed by atoms with Crippen molar-refractivity contribution in [3.05, 3.63) is 138 Å². The van der Waals surface area contributed by atoms with Gasteiger partial charge in [0.1, 0.15) is 11.4 Å². The van der Waals surface area contributed by atoms with Crippen LogP contribution in [0.4, 0.5) is 5.69 Å². The van der Waals surface area contributed by atoms with Gasteiger partial charge in [-0.05, 0) is 68.1 Å². The quantitative estimate of drug-likeness (QED) is 0.130. The molecule has 0 saturated heterocycles. The number of imidazole rings is 3. The van der Waals surface area contributed by atoms with E-state index in [1.54, 1.807) is 6.20 Å². The zero-order valence-corrected chi connectivity index (χ0v) is 32.0. The van der Waals surface area contributed by atoms with E-state index in [9.17, 15) is 0 Å². The summed E-state index contributed by atoms with van der Waals surface area (Å²) in [5, 5.41) is 2.02. The Kier molecular flexibility index (Phi) is 7.20. The van der Waals surface area contributed by atoms with Crippen molar-refractivity contribution < 1.29 is 30.2 Å². The second-order valence-electron chi connectivity index (χ2n) is 13.9. The second kappa shape index (κ2) is 11.9. The van der Waals surface area contributed by atoms with Crippen LogP contribution in [0.3, 0.4) is 0 Å². The Balaban J connectivity index is 0.00000361. The number of anilines is 1. The number of nitrogens with zero attached hydrogens (tertiary/aromatic N) is 7. The number of rotatable bonds is 4. The van der Waals surface area contributed by atoms with Crippen LogP contribution >= 0.6 is 0 Å². The van der Waals surface area contributed by atoms with E-state index in [1.807, 2.05) is 42.7 Å². The molecule has 0 spiro atoms. The van der Waals surface area contributed by atoms with Gasteiger partial charge in [0.05, 0.1) is 17.2 Å². The molecule has 1 aliphatic heterocycles. The van der Waals surface area contributed by atoms with Crippen LogP contribution in [0.5, 0.6) is 11.5 Å². The molecule has 0 amide bonds. The maximum atomic E-state index is 6.57.